The fourth-order valence-electron chi connectivity index (χ4n) is 9.55. The van der Waals surface area contributed by atoms with Crippen LogP contribution in [0.15, 0.2) is 265 Å². The van der Waals surface area contributed by atoms with Gasteiger partial charge in [-0.2, -0.15) is 0 Å². The average molecular weight is 842 g/mol. The lowest BCUT2D eigenvalue weighted by Gasteiger charge is -2.26. The Kier molecular flexibility index (Phi) is 9.89. The lowest BCUT2D eigenvalue weighted by atomic mass is 9.95. The maximum absolute atomic E-state index is 6.30. The summed E-state index contributed by atoms with van der Waals surface area (Å²) in [7, 11) is 0. The lowest BCUT2D eigenvalue weighted by Crippen LogP contribution is -2.09. The molecule has 0 unspecified atom stereocenters. The first-order valence-corrected chi connectivity index (χ1v) is 22.6. The number of furan rings is 1. The van der Waals surface area contributed by atoms with Crippen LogP contribution in [0.1, 0.15) is 0 Å². The third-order valence-corrected chi connectivity index (χ3v) is 12.9. The molecule has 0 atom stereocenters. The third kappa shape index (κ3) is 7.31. The summed E-state index contributed by atoms with van der Waals surface area (Å²) in [5.74, 6) is 0.875. The summed E-state index contributed by atoms with van der Waals surface area (Å²) in [5.41, 5.74) is 17.1. The molecule has 12 aromatic rings. The number of hydrogen-bond donors (Lipinski definition) is 0. The number of para-hydroxylation sites is 1. The van der Waals surface area contributed by atoms with E-state index in [-0.39, 0.29) is 0 Å². The van der Waals surface area contributed by atoms with Crippen LogP contribution >= 0.6 is 0 Å². The number of fused-ring (bicyclic) bond motifs is 3. The van der Waals surface area contributed by atoms with Gasteiger partial charge in [-0.3, -0.25) is 0 Å². The SMILES string of the molecule is c1ccc(-c2cc3ccccc3o2)c(-c2ccc(-c3ccc(N(c4ccc(-c5ccc(-c6cccc7ccccc67)cc5)cc4)c4ccc(-c5cccc6ccccc56)cc4)cc3)cc2)c1. The van der Waals surface area contributed by atoms with Gasteiger partial charge in [-0.05, 0) is 126 Å². The van der Waals surface area contributed by atoms with Gasteiger partial charge in [-0.1, -0.05) is 212 Å². The molecule has 2 heteroatoms. The zero-order valence-electron chi connectivity index (χ0n) is 36.2. The van der Waals surface area contributed by atoms with Crippen LogP contribution in [0.4, 0.5) is 17.1 Å². The lowest BCUT2D eigenvalue weighted by molar-refractivity contribution is 0.632. The van der Waals surface area contributed by atoms with Crippen molar-refractivity contribution in [3.63, 3.8) is 0 Å². The Balaban J connectivity index is 0.857. The van der Waals surface area contributed by atoms with E-state index in [1.807, 2.05) is 18.2 Å². The largest absolute Gasteiger partial charge is 0.456 e. The highest BCUT2D eigenvalue weighted by atomic mass is 16.3. The van der Waals surface area contributed by atoms with Crippen LogP contribution in [0.5, 0.6) is 0 Å². The molecule has 1 aromatic heterocycles. The van der Waals surface area contributed by atoms with E-state index in [0.29, 0.717) is 0 Å². The first-order chi connectivity index (χ1) is 32.7. The minimum Gasteiger partial charge on any atom is -0.456 e. The van der Waals surface area contributed by atoms with Gasteiger partial charge in [0.15, 0.2) is 0 Å². The smallest absolute Gasteiger partial charge is 0.136 e. The molecule has 2 nitrogen and oxygen atoms in total. The van der Waals surface area contributed by atoms with Crippen molar-refractivity contribution >= 4 is 49.6 Å². The zero-order valence-corrected chi connectivity index (χ0v) is 36.2. The minimum atomic E-state index is 0.875. The molecule has 0 radical (unpaired) electrons. The first-order valence-electron chi connectivity index (χ1n) is 22.6. The Bertz CT molecular complexity index is 3610. The molecule has 0 saturated carbocycles. The van der Waals surface area contributed by atoms with Gasteiger partial charge in [-0.25, -0.2) is 0 Å². The van der Waals surface area contributed by atoms with E-state index >= 15 is 0 Å². The second-order valence-corrected chi connectivity index (χ2v) is 16.9. The number of anilines is 3. The minimum absolute atomic E-state index is 0.875. The van der Waals surface area contributed by atoms with Gasteiger partial charge in [-0.15, -0.1) is 0 Å². The van der Waals surface area contributed by atoms with Crippen molar-refractivity contribution in [2.75, 3.05) is 4.90 Å². The van der Waals surface area contributed by atoms with Crippen molar-refractivity contribution in [3.05, 3.63) is 261 Å². The summed E-state index contributed by atoms with van der Waals surface area (Å²) < 4.78 is 6.30. The van der Waals surface area contributed by atoms with Crippen molar-refractivity contribution < 1.29 is 4.42 Å². The van der Waals surface area contributed by atoms with E-state index in [1.54, 1.807) is 0 Å². The number of hydrogen-bond acceptors (Lipinski definition) is 2. The summed E-state index contributed by atoms with van der Waals surface area (Å²) in [6, 6.07) is 93.8. The molecular weight excluding hydrogens is 799 g/mol. The van der Waals surface area contributed by atoms with E-state index in [1.165, 1.54) is 54.9 Å². The molecule has 0 fully saturated rings. The standard InChI is InChI=1S/C64H43NO/c1-4-16-57-48(11-1)14-9-20-59(57)50-27-23-44(24-28-50)46-31-37-54(38-32-46)65(56-41-35-52(36-42-56)60-21-10-15-49-12-2-5-17-58(49)60)55-39-33-47(34-40-55)45-25-29-51(30-26-45)61-18-6-7-19-62(61)64-43-53-13-3-8-22-63(53)66-64/h1-43H. The maximum atomic E-state index is 6.30. The molecule has 0 aliphatic rings. The van der Waals surface area contributed by atoms with Crippen LogP contribution in [0, 0.1) is 0 Å². The second-order valence-electron chi connectivity index (χ2n) is 16.9. The van der Waals surface area contributed by atoms with Crippen molar-refractivity contribution in [1.82, 2.24) is 0 Å². The predicted octanol–water partition coefficient (Wildman–Crippen LogP) is 18.2. The fourth-order valence-corrected chi connectivity index (χ4v) is 9.55. The van der Waals surface area contributed by atoms with Crippen LogP contribution in [0.2, 0.25) is 0 Å². The Hall–Kier alpha value is -8.72. The molecule has 0 N–H and O–H groups in total. The highest BCUT2D eigenvalue weighted by Crippen LogP contribution is 2.40. The fraction of sp³-hybridized carbons (Fsp3) is 0. The second kappa shape index (κ2) is 16.8. The topological polar surface area (TPSA) is 16.4 Å². The molecule has 11 aromatic carbocycles. The predicted molar refractivity (Wildman–Crippen MR) is 279 cm³/mol. The zero-order chi connectivity index (χ0) is 43.8. The molecule has 12 rings (SSSR count). The summed E-state index contributed by atoms with van der Waals surface area (Å²) in [4.78, 5) is 2.35. The van der Waals surface area contributed by atoms with Crippen LogP contribution < -0.4 is 4.90 Å². The van der Waals surface area contributed by atoms with Crippen molar-refractivity contribution in [1.29, 1.82) is 0 Å². The van der Waals surface area contributed by atoms with Crippen molar-refractivity contribution in [3.8, 4) is 67.0 Å². The van der Waals surface area contributed by atoms with Gasteiger partial charge in [0.05, 0.1) is 0 Å². The van der Waals surface area contributed by atoms with E-state index in [9.17, 15) is 0 Å². The average Bonchev–Trinajstić information content (AvgIpc) is 3.84. The molecule has 0 amide bonds. The summed E-state index contributed by atoms with van der Waals surface area (Å²) in [6.45, 7) is 0. The van der Waals surface area contributed by atoms with E-state index in [0.717, 1.165) is 61.6 Å². The third-order valence-electron chi connectivity index (χ3n) is 12.9. The van der Waals surface area contributed by atoms with E-state index in [2.05, 4.69) is 248 Å². The first kappa shape index (κ1) is 38.9. The Morgan fingerprint density at radius 3 is 1.06 bits per heavy atom. The van der Waals surface area contributed by atoms with Crippen molar-refractivity contribution in [2.45, 2.75) is 0 Å². The highest BCUT2D eigenvalue weighted by molar-refractivity contribution is 5.98. The molecule has 0 aliphatic carbocycles. The van der Waals surface area contributed by atoms with Gasteiger partial charge in [0.25, 0.3) is 0 Å². The number of nitrogens with zero attached hydrogens (tertiary/aromatic N) is 1. The Morgan fingerprint density at radius 1 is 0.242 bits per heavy atom. The Labute approximate surface area is 384 Å². The number of rotatable bonds is 9. The summed E-state index contributed by atoms with van der Waals surface area (Å²) in [6.07, 6.45) is 0. The normalized spacial score (nSPS) is 11.3. The van der Waals surface area contributed by atoms with Gasteiger partial charge in [0, 0.05) is 28.0 Å². The Morgan fingerprint density at radius 2 is 0.576 bits per heavy atom. The van der Waals surface area contributed by atoms with Crippen molar-refractivity contribution in [2.24, 2.45) is 0 Å². The molecule has 0 aliphatic heterocycles. The molecule has 310 valence electrons. The molecule has 0 bridgehead atoms. The quantitative estimate of drug-likeness (QED) is 0.144. The number of benzene rings is 11. The van der Waals surface area contributed by atoms with Gasteiger partial charge >= 0.3 is 0 Å². The van der Waals surface area contributed by atoms with E-state index < -0.39 is 0 Å². The van der Waals surface area contributed by atoms with Crippen LogP contribution in [0.3, 0.4) is 0 Å². The molecular formula is C64H43NO. The van der Waals surface area contributed by atoms with Gasteiger partial charge in [0.2, 0.25) is 0 Å². The van der Waals surface area contributed by atoms with Gasteiger partial charge < -0.3 is 9.32 Å². The molecule has 0 spiro atoms. The van der Waals surface area contributed by atoms with Crippen LogP contribution in [-0.4, -0.2) is 0 Å². The molecule has 0 saturated heterocycles. The van der Waals surface area contributed by atoms with Crippen LogP contribution in [0.25, 0.3) is 99.5 Å². The van der Waals surface area contributed by atoms with E-state index in [4.69, 9.17) is 4.42 Å². The monoisotopic (exact) mass is 841 g/mol. The molecule has 1 heterocycles. The maximum Gasteiger partial charge on any atom is 0.136 e. The van der Waals surface area contributed by atoms with Gasteiger partial charge in [0.1, 0.15) is 11.3 Å². The summed E-state index contributed by atoms with van der Waals surface area (Å²) >= 11 is 0. The summed E-state index contributed by atoms with van der Waals surface area (Å²) in [5, 5.41) is 6.12. The van der Waals surface area contributed by atoms with Crippen LogP contribution in [-0.2, 0) is 0 Å². The molecule has 66 heavy (non-hydrogen) atoms. The highest BCUT2D eigenvalue weighted by Gasteiger charge is 2.16.